The van der Waals surface area contributed by atoms with Crippen molar-refractivity contribution in [3.05, 3.63) is 84.3 Å². The average molecular weight is 375 g/mol. The highest BCUT2D eigenvalue weighted by Gasteiger charge is 2.28. The third-order valence-corrected chi connectivity index (χ3v) is 4.22. The number of nitrogens with zero attached hydrogens (tertiary/aromatic N) is 1. The second-order valence-corrected chi connectivity index (χ2v) is 6.20. The van der Waals surface area contributed by atoms with Gasteiger partial charge in [-0.05, 0) is 42.0 Å². The van der Waals surface area contributed by atoms with E-state index in [1.807, 2.05) is 30.3 Å². The van der Waals surface area contributed by atoms with Crippen LogP contribution >= 0.6 is 0 Å². The standard InChI is InChI=1S/C21H17N3O4/c25-20(18-7-4-12-27-18)22-15-8-10-16(11-9-15)23-21(26)19-13-17(24-28-19)14-5-2-1-3-6-14/h1-12,19H,13H2,(H,22,25)(H,23,26). The zero-order chi connectivity index (χ0) is 19.3. The molecule has 140 valence electrons. The number of benzene rings is 2. The van der Waals surface area contributed by atoms with Gasteiger partial charge in [0, 0.05) is 17.8 Å². The van der Waals surface area contributed by atoms with Crippen LogP contribution in [0.5, 0.6) is 0 Å². The number of amides is 2. The Balaban J connectivity index is 1.32. The van der Waals surface area contributed by atoms with E-state index in [2.05, 4.69) is 15.8 Å². The molecule has 28 heavy (non-hydrogen) atoms. The fourth-order valence-electron chi connectivity index (χ4n) is 2.78. The smallest absolute Gasteiger partial charge is 0.291 e. The molecule has 2 N–H and O–H groups in total. The van der Waals surface area contributed by atoms with Crippen LogP contribution in [-0.4, -0.2) is 23.6 Å². The predicted molar refractivity (Wildman–Crippen MR) is 104 cm³/mol. The number of oxime groups is 1. The van der Waals surface area contributed by atoms with Gasteiger partial charge in [0.1, 0.15) is 0 Å². The molecule has 0 saturated heterocycles. The molecule has 0 spiro atoms. The second-order valence-electron chi connectivity index (χ2n) is 6.20. The first-order chi connectivity index (χ1) is 13.7. The van der Waals surface area contributed by atoms with Gasteiger partial charge in [0.15, 0.2) is 5.76 Å². The lowest BCUT2D eigenvalue weighted by atomic mass is 10.0. The van der Waals surface area contributed by atoms with E-state index in [0.29, 0.717) is 17.8 Å². The monoisotopic (exact) mass is 375 g/mol. The second kappa shape index (κ2) is 7.79. The number of nitrogens with one attached hydrogen (secondary N) is 2. The molecular formula is C21H17N3O4. The van der Waals surface area contributed by atoms with Crippen LogP contribution in [0, 0.1) is 0 Å². The summed E-state index contributed by atoms with van der Waals surface area (Å²) in [6.07, 6.45) is 1.17. The van der Waals surface area contributed by atoms with E-state index >= 15 is 0 Å². The average Bonchev–Trinajstić information content (AvgIpc) is 3.42. The molecule has 0 radical (unpaired) electrons. The fourth-order valence-corrected chi connectivity index (χ4v) is 2.78. The molecule has 0 saturated carbocycles. The van der Waals surface area contributed by atoms with Crippen molar-refractivity contribution < 1.29 is 18.8 Å². The molecule has 4 rings (SSSR count). The van der Waals surface area contributed by atoms with Gasteiger partial charge in [-0.15, -0.1) is 0 Å². The summed E-state index contributed by atoms with van der Waals surface area (Å²) in [4.78, 5) is 29.7. The number of carbonyl (C=O) groups is 2. The van der Waals surface area contributed by atoms with E-state index in [-0.39, 0.29) is 17.6 Å². The summed E-state index contributed by atoms with van der Waals surface area (Å²) in [6.45, 7) is 0. The van der Waals surface area contributed by atoms with Crippen molar-refractivity contribution in [2.45, 2.75) is 12.5 Å². The number of carbonyl (C=O) groups excluding carboxylic acids is 2. The third-order valence-electron chi connectivity index (χ3n) is 4.22. The Labute approximate surface area is 161 Å². The maximum atomic E-state index is 12.4. The van der Waals surface area contributed by atoms with Crippen LogP contribution in [0.3, 0.4) is 0 Å². The van der Waals surface area contributed by atoms with Gasteiger partial charge in [0.05, 0.1) is 12.0 Å². The molecule has 0 fully saturated rings. The maximum absolute atomic E-state index is 12.4. The highest BCUT2D eigenvalue weighted by atomic mass is 16.6. The molecule has 3 aromatic rings. The normalized spacial score (nSPS) is 15.4. The summed E-state index contributed by atoms with van der Waals surface area (Å²) in [7, 11) is 0. The van der Waals surface area contributed by atoms with Crippen molar-refractivity contribution in [1.29, 1.82) is 0 Å². The highest BCUT2D eigenvalue weighted by Crippen LogP contribution is 2.20. The molecule has 7 heteroatoms. The number of rotatable bonds is 5. The Morgan fingerprint density at radius 3 is 2.29 bits per heavy atom. The van der Waals surface area contributed by atoms with Gasteiger partial charge >= 0.3 is 0 Å². The molecule has 2 amide bonds. The Bertz CT molecular complexity index is 996. The van der Waals surface area contributed by atoms with Gasteiger partial charge in [0.25, 0.3) is 11.8 Å². The predicted octanol–water partition coefficient (Wildman–Crippen LogP) is 3.66. The Hall–Kier alpha value is -3.87. The number of hydrogen-bond acceptors (Lipinski definition) is 5. The van der Waals surface area contributed by atoms with E-state index in [0.717, 1.165) is 11.3 Å². The summed E-state index contributed by atoms with van der Waals surface area (Å²) in [5, 5.41) is 9.53. The summed E-state index contributed by atoms with van der Waals surface area (Å²) in [5.41, 5.74) is 2.87. The molecule has 1 aliphatic rings. The van der Waals surface area contributed by atoms with Crippen LogP contribution in [0.1, 0.15) is 22.5 Å². The van der Waals surface area contributed by atoms with Crippen molar-refractivity contribution in [3.8, 4) is 0 Å². The van der Waals surface area contributed by atoms with Crippen LogP contribution in [0.4, 0.5) is 11.4 Å². The summed E-state index contributed by atoms with van der Waals surface area (Å²) in [5.74, 6) is -0.390. The van der Waals surface area contributed by atoms with Gasteiger partial charge in [-0.1, -0.05) is 35.5 Å². The van der Waals surface area contributed by atoms with E-state index in [4.69, 9.17) is 9.25 Å². The molecule has 2 aromatic carbocycles. The Kier molecular flexibility index (Phi) is 4.88. The van der Waals surface area contributed by atoms with Crippen LogP contribution < -0.4 is 10.6 Å². The third kappa shape index (κ3) is 3.93. The van der Waals surface area contributed by atoms with Gasteiger partial charge in [-0.3, -0.25) is 9.59 Å². The minimum absolute atomic E-state index is 0.227. The minimum atomic E-state index is -0.673. The maximum Gasteiger partial charge on any atom is 0.291 e. The summed E-state index contributed by atoms with van der Waals surface area (Å²) < 4.78 is 5.05. The lowest BCUT2D eigenvalue weighted by Crippen LogP contribution is -2.28. The van der Waals surface area contributed by atoms with Crippen LogP contribution in [0.2, 0.25) is 0 Å². The quantitative estimate of drug-likeness (QED) is 0.712. The zero-order valence-electron chi connectivity index (χ0n) is 14.8. The van der Waals surface area contributed by atoms with E-state index in [1.54, 1.807) is 36.4 Å². The first kappa shape index (κ1) is 17.5. The summed E-state index contributed by atoms with van der Waals surface area (Å²) >= 11 is 0. The van der Waals surface area contributed by atoms with Crippen molar-refractivity contribution in [2.75, 3.05) is 10.6 Å². The Morgan fingerprint density at radius 2 is 1.61 bits per heavy atom. The SMILES string of the molecule is O=C(Nc1ccc(NC(=O)C2CC(c3ccccc3)=NO2)cc1)c1ccco1. The molecule has 0 bridgehead atoms. The first-order valence-corrected chi connectivity index (χ1v) is 8.73. The topological polar surface area (TPSA) is 92.9 Å². The lowest BCUT2D eigenvalue weighted by Gasteiger charge is -2.10. The summed E-state index contributed by atoms with van der Waals surface area (Å²) in [6, 6.07) is 19.6. The Morgan fingerprint density at radius 1 is 0.893 bits per heavy atom. The van der Waals surface area contributed by atoms with Crippen LogP contribution in [-0.2, 0) is 9.63 Å². The van der Waals surface area contributed by atoms with Crippen molar-refractivity contribution in [3.63, 3.8) is 0 Å². The first-order valence-electron chi connectivity index (χ1n) is 8.73. The molecule has 7 nitrogen and oxygen atoms in total. The fraction of sp³-hybridized carbons (Fsp3) is 0.0952. The molecule has 1 unspecified atom stereocenters. The van der Waals surface area contributed by atoms with Gasteiger partial charge < -0.3 is 19.9 Å². The van der Waals surface area contributed by atoms with Crippen LogP contribution in [0.15, 0.2) is 82.6 Å². The van der Waals surface area contributed by atoms with Crippen molar-refractivity contribution in [2.24, 2.45) is 5.16 Å². The molecule has 0 aliphatic carbocycles. The van der Waals surface area contributed by atoms with Gasteiger partial charge in [0.2, 0.25) is 6.10 Å². The minimum Gasteiger partial charge on any atom is -0.459 e. The molecular weight excluding hydrogens is 358 g/mol. The highest BCUT2D eigenvalue weighted by molar-refractivity contribution is 6.06. The number of anilines is 2. The number of hydrogen-bond donors (Lipinski definition) is 2. The van der Waals surface area contributed by atoms with Crippen LogP contribution in [0.25, 0.3) is 0 Å². The molecule has 2 heterocycles. The van der Waals surface area contributed by atoms with Gasteiger partial charge in [-0.25, -0.2) is 0 Å². The lowest BCUT2D eigenvalue weighted by molar-refractivity contribution is -0.125. The largest absolute Gasteiger partial charge is 0.459 e. The van der Waals surface area contributed by atoms with E-state index < -0.39 is 6.10 Å². The number of furan rings is 1. The van der Waals surface area contributed by atoms with Crippen molar-refractivity contribution in [1.82, 2.24) is 0 Å². The molecule has 1 aromatic heterocycles. The van der Waals surface area contributed by atoms with Gasteiger partial charge in [-0.2, -0.15) is 0 Å². The molecule has 1 aliphatic heterocycles. The zero-order valence-corrected chi connectivity index (χ0v) is 14.8. The van der Waals surface area contributed by atoms with E-state index in [9.17, 15) is 9.59 Å². The molecule has 1 atom stereocenters. The van der Waals surface area contributed by atoms with Crippen molar-refractivity contribution >= 4 is 28.9 Å². The van der Waals surface area contributed by atoms with E-state index in [1.165, 1.54) is 6.26 Å².